The number of nitrogens with zero attached hydrogens (tertiary/aromatic N) is 1. The van der Waals surface area contributed by atoms with Crippen LogP contribution >= 0.6 is 0 Å². The molecule has 1 unspecified atom stereocenters. The van der Waals surface area contributed by atoms with E-state index in [1.165, 1.54) is 17.0 Å². The van der Waals surface area contributed by atoms with Gasteiger partial charge in [-0.2, -0.15) is 0 Å². The molecule has 2 nitrogen and oxygen atoms in total. The van der Waals surface area contributed by atoms with Crippen LogP contribution in [0.15, 0.2) is 36.4 Å². The molecule has 0 spiro atoms. The molecule has 0 fully saturated rings. The molecule has 0 heterocycles. The van der Waals surface area contributed by atoms with E-state index >= 15 is 0 Å². The zero-order valence-corrected chi connectivity index (χ0v) is 12.5. The van der Waals surface area contributed by atoms with Gasteiger partial charge in [0.1, 0.15) is 17.3 Å². The number of halogens is 2. The monoisotopic (exact) mass is 290 g/mol. The molecule has 2 aromatic carbocycles. The Labute approximate surface area is 124 Å². The number of rotatable bonds is 4. The Bertz CT molecular complexity index is 615. The van der Waals surface area contributed by atoms with Crippen molar-refractivity contribution in [3.63, 3.8) is 0 Å². The number of aryl methyl sites for hydroxylation is 1. The van der Waals surface area contributed by atoms with Crippen LogP contribution < -0.4 is 10.6 Å². The molecular formula is C17H20F2N2. The zero-order valence-electron chi connectivity index (χ0n) is 12.5. The second-order valence-electron chi connectivity index (χ2n) is 5.43. The Morgan fingerprint density at radius 1 is 1.14 bits per heavy atom. The molecule has 0 amide bonds. The molecule has 2 N–H and O–H groups in total. The van der Waals surface area contributed by atoms with Crippen LogP contribution in [0, 0.1) is 18.6 Å². The molecule has 0 saturated carbocycles. The predicted octanol–water partition coefficient (Wildman–Crippen LogP) is 3.93. The van der Waals surface area contributed by atoms with Gasteiger partial charge in [0.15, 0.2) is 0 Å². The third kappa shape index (κ3) is 3.39. The summed E-state index contributed by atoms with van der Waals surface area (Å²) in [4.78, 5) is 1.54. The second kappa shape index (κ2) is 6.22. The second-order valence-corrected chi connectivity index (χ2v) is 5.43. The highest BCUT2D eigenvalue weighted by molar-refractivity contribution is 5.66. The van der Waals surface area contributed by atoms with Gasteiger partial charge >= 0.3 is 0 Å². The van der Waals surface area contributed by atoms with Gasteiger partial charge in [-0.1, -0.05) is 18.2 Å². The first-order valence-corrected chi connectivity index (χ1v) is 6.93. The summed E-state index contributed by atoms with van der Waals surface area (Å²) in [6, 6.07) is 10.1. The summed E-state index contributed by atoms with van der Waals surface area (Å²) in [7, 11) is 1.66. The number of nitrogens with two attached hydrogens (primary N) is 1. The molecule has 112 valence electrons. The molecule has 0 radical (unpaired) electrons. The van der Waals surface area contributed by atoms with Gasteiger partial charge in [0.2, 0.25) is 0 Å². The molecule has 0 saturated heterocycles. The Hall–Kier alpha value is -1.94. The molecule has 2 rings (SSSR count). The van der Waals surface area contributed by atoms with E-state index in [-0.39, 0.29) is 11.7 Å². The molecule has 0 aliphatic heterocycles. The lowest BCUT2D eigenvalue weighted by Gasteiger charge is -2.23. The van der Waals surface area contributed by atoms with Crippen LogP contribution in [0.4, 0.5) is 20.2 Å². The smallest absolute Gasteiger partial charge is 0.150 e. The van der Waals surface area contributed by atoms with Crippen molar-refractivity contribution in [1.29, 1.82) is 0 Å². The fraction of sp³-hybridized carbons (Fsp3) is 0.294. The Balaban J connectivity index is 2.42. The van der Waals surface area contributed by atoms with Gasteiger partial charge in [0.05, 0.1) is 0 Å². The highest BCUT2D eigenvalue weighted by atomic mass is 19.1. The molecule has 4 heteroatoms. The number of hydrogen-bond acceptors (Lipinski definition) is 2. The summed E-state index contributed by atoms with van der Waals surface area (Å²) >= 11 is 0. The summed E-state index contributed by atoms with van der Waals surface area (Å²) in [5.41, 5.74) is 7.94. The van der Waals surface area contributed by atoms with Crippen LogP contribution in [0.1, 0.15) is 18.1 Å². The van der Waals surface area contributed by atoms with Gasteiger partial charge in [0.25, 0.3) is 0 Å². The van der Waals surface area contributed by atoms with Crippen molar-refractivity contribution in [3.8, 4) is 0 Å². The zero-order chi connectivity index (χ0) is 15.6. The van der Waals surface area contributed by atoms with Crippen molar-refractivity contribution >= 4 is 11.4 Å². The van der Waals surface area contributed by atoms with E-state index in [9.17, 15) is 8.78 Å². The number of hydrogen-bond donors (Lipinski definition) is 1. The minimum absolute atomic E-state index is 0.0438. The summed E-state index contributed by atoms with van der Waals surface area (Å²) in [5, 5.41) is 0. The van der Waals surface area contributed by atoms with Crippen LogP contribution in [0.2, 0.25) is 0 Å². The molecule has 0 aliphatic carbocycles. The Kier molecular flexibility index (Phi) is 4.58. The van der Waals surface area contributed by atoms with Crippen LogP contribution in [0.25, 0.3) is 0 Å². The lowest BCUT2D eigenvalue weighted by atomic mass is 10.1. The fourth-order valence-corrected chi connectivity index (χ4v) is 2.49. The van der Waals surface area contributed by atoms with Gasteiger partial charge in [-0.15, -0.1) is 0 Å². The lowest BCUT2D eigenvalue weighted by molar-refractivity contribution is 0.578. The van der Waals surface area contributed by atoms with E-state index in [1.54, 1.807) is 7.05 Å². The van der Waals surface area contributed by atoms with Crippen LogP contribution in [0.3, 0.4) is 0 Å². The van der Waals surface area contributed by atoms with E-state index in [4.69, 9.17) is 5.73 Å². The maximum Gasteiger partial charge on any atom is 0.150 e. The molecule has 21 heavy (non-hydrogen) atoms. The van der Waals surface area contributed by atoms with Crippen molar-refractivity contribution in [2.75, 3.05) is 11.9 Å². The third-order valence-corrected chi connectivity index (χ3v) is 3.45. The topological polar surface area (TPSA) is 29.3 Å². The quantitative estimate of drug-likeness (QED) is 0.924. The maximum atomic E-state index is 14.3. The first-order chi connectivity index (χ1) is 9.90. The van der Waals surface area contributed by atoms with E-state index in [1.807, 2.05) is 38.1 Å². The predicted molar refractivity (Wildman–Crippen MR) is 83.0 cm³/mol. The maximum absolute atomic E-state index is 14.3. The summed E-state index contributed by atoms with van der Waals surface area (Å²) in [6.45, 7) is 3.72. The van der Waals surface area contributed by atoms with Gasteiger partial charge < -0.3 is 10.6 Å². The number of anilines is 2. The van der Waals surface area contributed by atoms with Gasteiger partial charge in [-0.3, -0.25) is 0 Å². The first-order valence-electron chi connectivity index (χ1n) is 6.93. The molecule has 0 aromatic heterocycles. The molecule has 2 aromatic rings. The average Bonchev–Trinajstić information content (AvgIpc) is 2.37. The van der Waals surface area contributed by atoms with Crippen molar-refractivity contribution in [2.45, 2.75) is 26.3 Å². The highest BCUT2D eigenvalue weighted by Crippen LogP contribution is 2.31. The largest absolute Gasteiger partial charge is 0.340 e. The minimum Gasteiger partial charge on any atom is -0.340 e. The van der Waals surface area contributed by atoms with Crippen LogP contribution in [0.5, 0.6) is 0 Å². The fourth-order valence-electron chi connectivity index (χ4n) is 2.49. The van der Waals surface area contributed by atoms with Crippen molar-refractivity contribution in [2.24, 2.45) is 5.73 Å². The van der Waals surface area contributed by atoms with Crippen LogP contribution in [-0.2, 0) is 6.42 Å². The van der Waals surface area contributed by atoms with Gasteiger partial charge in [0, 0.05) is 18.8 Å². The normalized spacial score (nSPS) is 12.3. The van der Waals surface area contributed by atoms with E-state index < -0.39 is 11.6 Å². The lowest BCUT2D eigenvalue weighted by Crippen LogP contribution is -2.19. The summed E-state index contributed by atoms with van der Waals surface area (Å²) in [5.74, 6) is -1.15. The molecule has 0 aliphatic rings. The standard InChI is InChI=1S/C17H20F2N2/c1-11-6-4-5-7-16(11)21(3)17-14(18)9-13(8-12(2)20)10-15(17)19/h4-7,9-10,12H,8,20H2,1-3H3. The number of benzene rings is 2. The molecule has 0 bridgehead atoms. The van der Waals surface area contributed by atoms with Crippen molar-refractivity contribution < 1.29 is 8.78 Å². The van der Waals surface area contributed by atoms with Gasteiger partial charge in [-0.25, -0.2) is 8.78 Å². The van der Waals surface area contributed by atoms with Crippen molar-refractivity contribution in [1.82, 2.24) is 0 Å². The van der Waals surface area contributed by atoms with Crippen LogP contribution in [-0.4, -0.2) is 13.1 Å². The van der Waals surface area contributed by atoms with Crippen molar-refractivity contribution in [3.05, 3.63) is 59.2 Å². The SMILES string of the molecule is Cc1ccccc1N(C)c1c(F)cc(CC(C)N)cc1F. The van der Waals surface area contributed by atoms with E-state index in [2.05, 4.69) is 0 Å². The summed E-state index contributed by atoms with van der Waals surface area (Å²) < 4.78 is 28.6. The molecular weight excluding hydrogens is 270 g/mol. The first kappa shape index (κ1) is 15.4. The Morgan fingerprint density at radius 2 is 1.71 bits per heavy atom. The Morgan fingerprint density at radius 3 is 2.24 bits per heavy atom. The van der Waals surface area contributed by atoms with E-state index in [0.29, 0.717) is 12.0 Å². The average molecular weight is 290 g/mol. The summed E-state index contributed by atoms with van der Waals surface area (Å²) in [6.07, 6.45) is 0.447. The highest BCUT2D eigenvalue weighted by Gasteiger charge is 2.18. The van der Waals surface area contributed by atoms with E-state index in [0.717, 1.165) is 11.3 Å². The number of para-hydroxylation sites is 1. The minimum atomic E-state index is -0.573. The third-order valence-electron chi connectivity index (χ3n) is 3.45. The molecule has 1 atom stereocenters. The van der Waals surface area contributed by atoms with Gasteiger partial charge in [-0.05, 0) is 49.6 Å².